The Morgan fingerprint density at radius 1 is 1.50 bits per heavy atom. The number of methoxy groups -OCH3 is 1. The molecule has 1 heterocycles. The van der Waals surface area contributed by atoms with Crippen LogP contribution in [0.3, 0.4) is 0 Å². The summed E-state index contributed by atoms with van der Waals surface area (Å²) in [6.07, 6.45) is 1.17. The minimum absolute atomic E-state index is 0.233. The topological polar surface area (TPSA) is 77.3 Å². The number of aliphatic imine (C=N–C) groups is 1. The number of aliphatic hydroxyl groups excluding tert-OH is 1. The monoisotopic (exact) mass is 307 g/mol. The molecule has 1 fully saturated rings. The second-order valence-corrected chi connectivity index (χ2v) is 5.37. The Hall–Kier alpha value is -1.95. The third-order valence-corrected chi connectivity index (χ3v) is 3.73. The molecule has 1 aromatic rings. The molecule has 6 heteroatoms. The number of hydrogen-bond donors (Lipinski definition) is 3. The normalized spacial score (nSPS) is 18.6. The predicted molar refractivity (Wildman–Crippen MR) is 86.5 cm³/mol. The van der Waals surface area contributed by atoms with Crippen molar-refractivity contribution < 1.29 is 14.9 Å². The molecule has 122 valence electrons. The standard InChI is InChI=1S/C16H25N3O3/c1-3-17-16(19-9-7-13(20)11-19)18-8-6-12-4-5-14(22-2)10-15(12)21/h4-5,10,13,20-21H,3,6-9,11H2,1-2H3,(H,17,18)/t13-/m1/s1. The second-order valence-electron chi connectivity index (χ2n) is 5.37. The maximum Gasteiger partial charge on any atom is 0.194 e. The number of phenols is 1. The van der Waals surface area contributed by atoms with Crippen LogP contribution in [0.4, 0.5) is 0 Å². The first-order chi connectivity index (χ1) is 10.6. The van der Waals surface area contributed by atoms with E-state index in [1.165, 1.54) is 0 Å². The summed E-state index contributed by atoms with van der Waals surface area (Å²) in [5.41, 5.74) is 0.849. The van der Waals surface area contributed by atoms with Crippen molar-refractivity contribution in [1.82, 2.24) is 10.2 Å². The van der Waals surface area contributed by atoms with E-state index < -0.39 is 0 Å². The summed E-state index contributed by atoms with van der Waals surface area (Å²) < 4.78 is 5.07. The largest absolute Gasteiger partial charge is 0.508 e. The van der Waals surface area contributed by atoms with Gasteiger partial charge in [0.15, 0.2) is 5.96 Å². The molecular formula is C16H25N3O3. The lowest BCUT2D eigenvalue weighted by molar-refractivity contribution is 0.188. The Morgan fingerprint density at radius 2 is 2.32 bits per heavy atom. The van der Waals surface area contributed by atoms with E-state index in [-0.39, 0.29) is 11.9 Å². The Kier molecular flexibility index (Phi) is 5.89. The number of β-amino-alcohol motifs (C(OH)–C–C–N with tert-alkyl or cyclic N) is 1. The highest BCUT2D eigenvalue weighted by Gasteiger charge is 2.22. The molecule has 1 atom stereocenters. The molecule has 3 N–H and O–H groups in total. The van der Waals surface area contributed by atoms with Crippen molar-refractivity contribution in [2.24, 2.45) is 4.99 Å². The fourth-order valence-electron chi connectivity index (χ4n) is 2.52. The lowest BCUT2D eigenvalue weighted by Crippen LogP contribution is -2.40. The summed E-state index contributed by atoms with van der Waals surface area (Å²) >= 11 is 0. The molecule has 22 heavy (non-hydrogen) atoms. The summed E-state index contributed by atoms with van der Waals surface area (Å²) in [7, 11) is 1.58. The number of ether oxygens (including phenoxy) is 1. The molecule has 1 aliphatic heterocycles. The third kappa shape index (κ3) is 4.27. The Labute approximate surface area is 131 Å². The summed E-state index contributed by atoms with van der Waals surface area (Å²) in [6, 6.07) is 5.30. The summed E-state index contributed by atoms with van der Waals surface area (Å²) in [5.74, 6) is 1.70. The van der Waals surface area contributed by atoms with Gasteiger partial charge in [-0.15, -0.1) is 0 Å². The van der Waals surface area contributed by atoms with Crippen LogP contribution in [0.15, 0.2) is 23.2 Å². The number of nitrogens with zero attached hydrogens (tertiary/aromatic N) is 2. The fourth-order valence-corrected chi connectivity index (χ4v) is 2.52. The van der Waals surface area contributed by atoms with Gasteiger partial charge in [-0.05, 0) is 31.4 Å². The molecule has 1 aromatic carbocycles. The van der Waals surface area contributed by atoms with Gasteiger partial charge in [0.25, 0.3) is 0 Å². The molecule has 0 aromatic heterocycles. The van der Waals surface area contributed by atoms with Gasteiger partial charge >= 0.3 is 0 Å². The molecule has 0 amide bonds. The van der Waals surface area contributed by atoms with E-state index in [4.69, 9.17) is 4.74 Å². The minimum atomic E-state index is -0.269. The quantitative estimate of drug-likeness (QED) is 0.558. The predicted octanol–water partition coefficient (Wildman–Crippen LogP) is 0.975. The number of aliphatic hydroxyl groups is 1. The van der Waals surface area contributed by atoms with Crippen LogP contribution in [0, 0.1) is 0 Å². The van der Waals surface area contributed by atoms with Crippen LogP contribution in [0.2, 0.25) is 0 Å². The van der Waals surface area contributed by atoms with Gasteiger partial charge in [0.1, 0.15) is 11.5 Å². The highest BCUT2D eigenvalue weighted by Crippen LogP contribution is 2.23. The molecule has 0 bridgehead atoms. The van der Waals surface area contributed by atoms with Crippen molar-refractivity contribution in [3.63, 3.8) is 0 Å². The Bertz CT molecular complexity index is 519. The van der Waals surface area contributed by atoms with Gasteiger partial charge in [0, 0.05) is 32.2 Å². The number of hydrogen-bond acceptors (Lipinski definition) is 4. The van der Waals surface area contributed by atoms with Gasteiger partial charge in [-0.1, -0.05) is 6.07 Å². The summed E-state index contributed by atoms with van der Waals surface area (Å²) in [4.78, 5) is 6.66. The zero-order valence-corrected chi connectivity index (χ0v) is 13.2. The molecule has 6 nitrogen and oxygen atoms in total. The van der Waals surface area contributed by atoms with Gasteiger partial charge in [-0.2, -0.15) is 0 Å². The van der Waals surface area contributed by atoms with Crippen LogP contribution in [-0.2, 0) is 6.42 Å². The van der Waals surface area contributed by atoms with Gasteiger partial charge in [0.05, 0.1) is 13.2 Å². The summed E-state index contributed by atoms with van der Waals surface area (Å²) in [5, 5.41) is 22.8. The van der Waals surface area contributed by atoms with Crippen molar-refractivity contribution in [3.05, 3.63) is 23.8 Å². The zero-order valence-electron chi connectivity index (χ0n) is 13.2. The van der Waals surface area contributed by atoms with Gasteiger partial charge < -0.3 is 25.2 Å². The lowest BCUT2D eigenvalue weighted by Gasteiger charge is -2.20. The minimum Gasteiger partial charge on any atom is -0.508 e. The van der Waals surface area contributed by atoms with Gasteiger partial charge in [0.2, 0.25) is 0 Å². The SMILES string of the molecule is CCNC(=NCCc1ccc(OC)cc1O)N1CC[C@@H](O)C1. The highest BCUT2D eigenvalue weighted by molar-refractivity contribution is 5.80. The Morgan fingerprint density at radius 3 is 2.91 bits per heavy atom. The number of likely N-dealkylation sites (tertiary alicyclic amines) is 1. The van der Waals surface area contributed by atoms with Crippen molar-refractivity contribution in [2.75, 3.05) is 33.3 Å². The number of benzene rings is 1. The van der Waals surface area contributed by atoms with Crippen LogP contribution < -0.4 is 10.1 Å². The first kappa shape index (κ1) is 16.4. The molecule has 0 aliphatic carbocycles. The van der Waals surface area contributed by atoms with E-state index in [0.717, 1.165) is 31.0 Å². The molecular weight excluding hydrogens is 282 g/mol. The number of rotatable bonds is 5. The van der Waals surface area contributed by atoms with E-state index >= 15 is 0 Å². The molecule has 0 unspecified atom stereocenters. The van der Waals surface area contributed by atoms with Gasteiger partial charge in [-0.25, -0.2) is 0 Å². The number of aromatic hydroxyl groups is 1. The number of nitrogens with one attached hydrogen (secondary N) is 1. The van der Waals surface area contributed by atoms with E-state index in [1.54, 1.807) is 13.2 Å². The first-order valence-electron chi connectivity index (χ1n) is 7.71. The second kappa shape index (κ2) is 7.89. The lowest BCUT2D eigenvalue weighted by atomic mass is 10.1. The maximum atomic E-state index is 9.95. The molecule has 1 saturated heterocycles. The van der Waals surface area contributed by atoms with E-state index in [0.29, 0.717) is 25.3 Å². The zero-order chi connectivity index (χ0) is 15.9. The smallest absolute Gasteiger partial charge is 0.194 e. The molecule has 2 rings (SSSR count). The fraction of sp³-hybridized carbons (Fsp3) is 0.562. The van der Waals surface area contributed by atoms with E-state index in [2.05, 4.69) is 15.2 Å². The van der Waals surface area contributed by atoms with E-state index in [9.17, 15) is 10.2 Å². The average molecular weight is 307 g/mol. The average Bonchev–Trinajstić information content (AvgIpc) is 2.94. The van der Waals surface area contributed by atoms with E-state index in [1.807, 2.05) is 19.1 Å². The van der Waals surface area contributed by atoms with Crippen LogP contribution in [0.1, 0.15) is 18.9 Å². The van der Waals surface area contributed by atoms with Crippen molar-refractivity contribution in [3.8, 4) is 11.5 Å². The van der Waals surface area contributed by atoms with Crippen molar-refractivity contribution in [2.45, 2.75) is 25.9 Å². The molecule has 1 aliphatic rings. The van der Waals surface area contributed by atoms with Gasteiger partial charge in [-0.3, -0.25) is 4.99 Å². The van der Waals surface area contributed by atoms with Crippen molar-refractivity contribution in [1.29, 1.82) is 0 Å². The molecule has 0 saturated carbocycles. The van der Waals surface area contributed by atoms with Crippen LogP contribution in [0.5, 0.6) is 11.5 Å². The van der Waals surface area contributed by atoms with Crippen molar-refractivity contribution >= 4 is 5.96 Å². The highest BCUT2D eigenvalue weighted by atomic mass is 16.5. The number of guanidine groups is 1. The third-order valence-electron chi connectivity index (χ3n) is 3.73. The van der Waals surface area contributed by atoms with Crippen LogP contribution in [0.25, 0.3) is 0 Å². The first-order valence-corrected chi connectivity index (χ1v) is 7.71. The number of phenolic OH excluding ortho intramolecular Hbond substituents is 1. The maximum absolute atomic E-state index is 9.95. The molecule has 0 radical (unpaired) electrons. The summed E-state index contributed by atoms with van der Waals surface area (Å²) in [6.45, 7) is 4.84. The van der Waals surface area contributed by atoms with Crippen LogP contribution >= 0.6 is 0 Å². The van der Waals surface area contributed by atoms with Crippen LogP contribution in [-0.4, -0.2) is 60.5 Å². The molecule has 0 spiro atoms. The Balaban J connectivity index is 1.96.